The summed E-state index contributed by atoms with van der Waals surface area (Å²) in [5.74, 6) is 0. The molecule has 1 fully saturated rings. The van der Waals surface area contributed by atoms with Crippen LogP contribution in [0.4, 0.5) is 0 Å². The first-order valence-corrected chi connectivity index (χ1v) is 4.48. The number of nitrogens with zero attached hydrogens (tertiary/aromatic N) is 2. The van der Waals surface area contributed by atoms with Crippen LogP contribution in [-0.4, -0.2) is 50.1 Å². The number of piperidine rings is 1. The summed E-state index contributed by atoms with van der Waals surface area (Å²) in [7, 11) is 4.27. The Morgan fingerprint density at radius 1 is 1.27 bits per heavy atom. The van der Waals surface area contributed by atoms with Crippen LogP contribution in [-0.2, 0) is 0 Å². The second-order valence-corrected chi connectivity index (χ2v) is 3.51. The smallest absolute Gasteiger partial charge is 0.0109 e. The number of rotatable bonds is 3. The Morgan fingerprint density at radius 2 is 1.91 bits per heavy atom. The molecule has 2 heteroatoms. The predicted octanol–water partition coefficient (Wildman–Crippen LogP) is 0.848. The predicted molar refractivity (Wildman–Crippen MR) is 48.5 cm³/mol. The van der Waals surface area contributed by atoms with E-state index in [4.69, 9.17) is 0 Å². The lowest BCUT2D eigenvalue weighted by molar-refractivity contribution is 0.226. The fraction of sp³-hybridized carbons (Fsp3) is 0.889. The van der Waals surface area contributed by atoms with E-state index in [0.717, 1.165) is 0 Å². The van der Waals surface area contributed by atoms with Gasteiger partial charge in [0.15, 0.2) is 0 Å². The van der Waals surface area contributed by atoms with Crippen LogP contribution in [0.3, 0.4) is 0 Å². The molecule has 1 aliphatic heterocycles. The van der Waals surface area contributed by atoms with Gasteiger partial charge in [0.1, 0.15) is 0 Å². The van der Waals surface area contributed by atoms with Crippen molar-refractivity contribution in [3.63, 3.8) is 0 Å². The summed E-state index contributed by atoms with van der Waals surface area (Å²) in [5.41, 5.74) is 0. The molecule has 2 nitrogen and oxygen atoms in total. The molecule has 1 heterocycles. The minimum absolute atomic E-state index is 1.19. The van der Waals surface area contributed by atoms with Crippen LogP contribution < -0.4 is 0 Å². The molecule has 0 N–H and O–H groups in total. The average molecular weight is 155 g/mol. The van der Waals surface area contributed by atoms with Crippen molar-refractivity contribution in [2.45, 2.75) is 12.8 Å². The quantitative estimate of drug-likeness (QED) is 0.596. The average Bonchev–Trinajstić information content (AvgIpc) is 2.03. The first kappa shape index (κ1) is 9.01. The third kappa shape index (κ3) is 3.73. The molecule has 65 valence electrons. The summed E-state index contributed by atoms with van der Waals surface area (Å²) in [6.45, 7) is 4.97. The lowest BCUT2D eigenvalue weighted by Gasteiger charge is -2.27. The molecule has 1 radical (unpaired) electrons. The highest BCUT2D eigenvalue weighted by molar-refractivity contribution is 4.76. The van der Waals surface area contributed by atoms with E-state index in [2.05, 4.69) is 30.3 Å². The van der Waals surface area contributed by atoms with Gasteiger partial charge in [0.05, 0.1) is 0 Å². The SMILES string of the molecule is CN(C)CCN1CC[CH]CC1. The van der Waals surface area contributed by atoms with E-state index < -0.39 is 0 Å². The Labute approximate surface area is 70.2 Å². The largest absolute Gasteiger partial charge is 0.308 e. The molecule has 1 aliphatic rings. The normalized spacial score (nSPS) is 21.0. The minimum atomic E-state index is 1.19. The Morgan fingerprint density at radius 3 is 2.45 bits per heavy atom. The summed E-state index contributed by atoms with van der Waals surface area (Å²) < 4.78 is 0. The maximum absolute atomic E-state index is 2.54. The van der Waals surface area contributed by atoms with Gasteiger partial charge >= 0.3 is 0 Å². The highest BCUT2D eigenvalue weighted by atomic mass is 15.2. The molecule has 0 aromatic heterocycles. The zero-order chi connectivity index (χ0) is 8.10. The fourth-order valence-electron chi connectivity index (χ4n) is 1.37. The zero-order valence-corrected chi connectivity index (χ0v) is 7.71. The third-order valence-electron chi connectivity index (χ3n) is 2.16. The molecule has 0 aromatic rings. The van der Waals surface area contributed by atoms with E-state index in [1.165, 1.54) is 39.0 Å². The molecule has 0 spiro atoms. The van der Waals surface area contributed by atoms with Gasteiger partial charge in [0.2, 0.25) is 0 Å². The van der Waals surface area contributed by atoms with Crippen molar-refractivity contribution in [2.24, 2.45) is 0 Å². The van der Waals surface area contributed by atoms with E-state index in [-0.39, 0.29) is 0 Å². The van der Waals surface area contributed by atoms with Crippen LogP contribution in [0.1, 0.15) is 12.8 Å². The molecule has 0 saturated carbocycles. The van der Waals surface area contributed by atoms with E-state index in [0.29, 0.717) is 0 Å². The van der Waals surface area contributed by atoms with Gasteiger partial charge in [-0.2, -0.15) is 0 Å². The van der Waals surface area contributed by atoms with Crippen molar-refractivity contribution in [3.8, 4) is 0 Å². The van der Waals surface area contributed by atoms with Gasteiger partial charge in [0.25, 0.3) is 0 Å². The highest BCUT2D eigenvalue weighted by Gasteiger charge is 2.08. The van der Waals surface area contributed by atoms with Gasteiger partial charge in [-0.3, -0.25) is 0 Å². The maximum Gasteiger partial charge on any atom is 0.0109 e. The molecular formula is C9H19N2. The fourth-order valence-corrected chi connectivity index (χ4v) is 1.37. The van der Waals surface area contributed by atoms with Crippen molar-refractivity contribution < 1.29 is 0 Å². The van der Waals surface area contributed by atoms with Crippen LogP contribution in [0.2, 0.25) is 0 Å². The standard InChI is InChI=1S/C9H19N2/c1-10(2)8-9-11-6-4-3-5-7-11/h3H,4-9H2,1-2H3. The third-order valence-corrected chi connectivity index (χ3v) is 2.16. The molecule has 11 heavy (non-hydrogen) atoms. The first-order valence-electron chi connectivity index (χ1n) is 4.48. The molecule has 0 bridgehead atoms. The first-order chi connectivity index (χ1) is 5.29. The van der Waals surface area contributed by atoms with Crippen molar-refractivity contribution in [1.82, 2.24) is 9.80 Å². The van der Waals surface area contributed by atoms with Crippen LogP contribution in [0.25, 0.3) is 0 Å². The van der Waals surface area contributed by atoms with Gasteiger partial charge in [-0.25, -0.2) is 0 Å². The molecule has 1 saturated heterocycles. The van der Waals surface area contributed by atoms with Crippen molar-refractivity contribution in [2.75, 3.05) is 40.3 Å². The Hall–Kier alpha value is -0.0800. The Bertz CT molecular complexity index is 95.7. The number of likely N-dealkylation sites (tertiary alicyclic amines) is 1. The second-order valence-electron chi connectivity index (χ2n) is 3.51. The van der Waals surface area contributed by atoms with Gasteiger partial charge in [-0.15, -0.1) is 0 Å². The van der Waals surface area contributed by atoms with Gasteiger partial charge < -0.3 is 9.80 Å². The van der Waals surface area contributed by atoms with Crippen molar-refractivity contribution in [1.29, 1.82) is 0 Å². The number of hydrogen-bond acceptors (Lipinski definition) is 2. The number of likely N-dealkylation sites (N-methyl/N-ethyl adjacent to an activating group) is 1. The maximum atomic E-state index is 2.54. The summed E-state index contributed by atoms with van der Waals surface area (Å²) in [4.78, 5) is 4.79. The summed E-state index contributed by atoms with van der Waals surface area (Å²) in [6.07, 6.45) is 4.97. The molecule has 0 atom stereocenters. The summed E-state index contributed by atoms with van der Waals surface area (Å²) in [6, 6.07) is 0. The lowest BCUT2D eigenvalue weighted by atomic mass is 10.1. The van der Waals surface area contributed by atoms with Gasteiger partial charge in [-0.1, -0.05) is 0 Å². The molecule has 0 aromatic carbocycles. The highest BCUT2D eigenvalue weighted by Crippen LogP contribution is 2.06. The van der Waals surface area contributed by atoms with Gasteiger partial charge in [-0.05, 0) is 46.4 Å². The Balaban J connectivity index is 2.05. The molecule has 0 unspecified atom stereocenters. The monoisotopic (exact) mass is 155 g/mol. The molecule has 1 rings (SSSR count). The van der Waals surface area contributed by atoms with Crippen LogP contribution >= 0.6 is 0 Å². The van der Waals surface area contributed by atoms with E-state index >= 15 is 0 Å². The molecule has 0 aliphatic carbocycles. The van der Waals surface area contributed by atoms with Gasteiger partial charge in [0, 0.05) is 13.1 Å². The van der Waals surface area contributed by atoms with Crippen molar-refractivity contribution >= 4 is 0 Å². The minimum Gasteiger partial charge on any atom is -0.308 e. The van der Waals surface area contributed by atoms with Crippen LogP contribution in [0.15, 0.2) is 0 Å². The van der Waals surface area contributed by atoms with Crippen LogP contribution in [0, 0.1) is 6.42 Å². The van der Waals surface area contributed by atoms with Crippen molar-refractivity contribution in [3.05, 3.63) is 6.42 Å². The summed E-state index contributed by atoms with van der Waals surface area (Å²) >= 11 is 0. The zero-order valence-electron chi connectivity index (χ0n) is 7.71. The van der Waals surface area contributed by atoms with Crippen LogP contribution in [0.5, 0.6) is 0 Å². The lowest BCUT2D eigenvalue weighted by Crippen LogP contribution is -2.35. The summed E-state index contributed by atoms with van der Waals surface area (Å²) in [5, 5.41) is 0. The second kappa shape index (κ2) is 4.73. The van der Waals surface area contributed by atoms with E-state index in [1.54, 1.807) is 0 Å². The van der Waals surface area contributed by atoms with E-state index in [1.807, 2.05) is 0 Å². The number of hydrogen-bond donors (Lipinski definition) is 0. The molecular weight excluding hydrogens is 136 g/mol. The Kier molecular flexibility index (Phi) is 3.87. The topological polar surface area (TPSA) is 6.48 Å². The molecule has 0 amide bonds. The van der Waals surface area contributed by atoms with E-state index in [9.17, 15) is 0 Å².